The Kier molecular flexibility index (Phi) is 7.87. The molecule has 9 heteroatoms. The van der Waals surface area contributed by atoms with Gasteiger partial charge in [-0.1, -0.05) is 23.4 Å². The van der Waals surface area contributed by atoms with E-state index >= 15 is 0 Å². The number of hydrogen-bond donors (Lipinski definition) is 2. The molecule has 2 rings (SSSR count). The van der Waals surface area contributed by atoms with E-state index in [0.29, 0.717) is 18.7 Å². The molecule has 4 nitrogen and oxygen atoms in total. The molecule has 1 aliphatic rings. The Morgan fingerprint density at radius 2 is 2.00 bits per heavy atom. The smallest absolute Gasteiger partial charge is 0.325 e. The summed E-state index contributed by atoms with van der Waals surface area (Å²) < 4.78 is 37.9. The SMILES string of the molecule is CC(C#Cc1ccc(C(F)(F)F)c(Cl)c1)NC(=O)N1CCNCC1.Cl. The van der Waals surface area contributed by atoms with Crippen LogP contribution in [-0.2, 0) is 6.18 Å². The maximum Gasteiger partial charge on any atom is 0.417 e. The van der Waals surface area contributed by atoms with E-state index < -0.39 is 22.8 Å². The third-order valence-corrected chi connectivity index (χ3v) is 3.76. The molecule has 0 saturated carbocycles. The van der Waals surface area contributed by atoms with Crippen LogP contribution in [0.2, 0.25) is 5.02 Å². The third kappa shape index (κ3) is 6.31. The predicted octanol–water partition coefficient (Wildman–Crippen LogP) is 3.14. The Labute approximate surface area is 155 Å². The molecule has 0 spiro atoms. The van der Waals surface area contributed by atoms with Crippen molar-refractivity contribution in [3.8, 4) is 11.8 Å². The van der Waals surface area contributed by atoms with Crippen LogP contribution in [0, 0.1) is 11.8 Å². The first kappa shape index (κ1) is 21.4. The van der Waals surface area contributed by atoms with Gasteiger partial charge in [0.2, 0.25) is 0 Å². The van der Waals surface area contributed by atoms with Gasteiger partial charge in [-0.15, -0.1) is 12.4 Å². The first-order valence-electron chi connectivity index (χ1n) is 7.42. The number of halogens is 5. The maximum atomic E-state index is 12.6. The molecule has 0 bridgehead atoms. The Hall–Kier alpha value is -1.62. The second-order valence-electron chi connectivity index (χ2n) is 5.37. The summed E-state index contributed by atoms with van der Waals surface area (Å²) in [5, 5.41) is 5.49. The lowest BCUT2D eigenvalue weighted by atomic mass is 10.1. The van der Waals surface area contributed by atoms with Crippen molar-refractivity contribution in [3.63, 3.8) is 0 Å². The summed E-state index contributed by atoms with van der Waals surface area (Å²) in [6.07, 6.45) is -4.49. The Balaban J connectivity index is 0.00000312. The normalized spacial score (nSPS) is 15.5. The maximum absolute atomic E-state index is 12.6. The van der Waals surface area contributed by atoms with Crippen molar-refractivity contribution in [3.05, 3.63) is 34.3 Å². The predicted molar refractivity (Wildman–Crippen MR) is 93.0 cm³/mol. The van der Waals surface area contributed by atoms with Gasteiger partial charge >= 0.3 is 12.2 Å². The van der Waals surface area contributed by atoms with Crippen LogP contribution >= 0.6 is 24.0 Å². The zero-order chi connectivity index (χ0) is 17.7. The van der Waals surface area contributed by atoms with Crippen LogP contribution in [0.1, 0.15) is 18.1 Å². The van der Waals surface area contributed by atoms with Crippen molar-refractivity contribution < 1.29 is 18.0 Å². The highest BCUT2D eigenvalue weighted by Crippen LogP contribution is 2.34. The Morgan fingerprint density at radius 3 is 2.56 bits per heavy atom. The van der Waals surface area contributed by atoms with Gasteiger partial charge in [-0.05, 0) is 25.1 Å². The van der Waals surface area contributed by atoms with E-state index in [9.17, 15) is 18.0 Å². The second kappa shape index (κ2) is 9.18. The molecule has 2 N–H and O–H groups in total. The molecule has 1 aromatic carbocycles. The first-order valence-corrected chi connectivity index (χ1v) is 7.79. The fraction of sp³-hybridized carbons (Fsp3) is 0.438. The van der Waals surface area contributed by atoms with E-state index in [2.05, 4.69) is 22.5 Å². The van der Waals surface area contributed by atoms with Crippen LogP contribution in [0.25, 0.3) is 0 Å². The zero-order valence-electron chi connectivity index (χ0n) is 13.4. The standard InChI is InChI=1S/C16H17ClF3N3O.ClH/c1-11(22-15(24)23-8-6-21-7-9-23)2-3-12-4-5-13(14(17)10-12)16(18,19)20;/h4-5,10-11,21H,6-9H2,1H3,(H,22,24);1H. The molecule has 0 radical (unpaired) electrons. The lowest BCUT2D eigenvalue weighted by Gasteiger charge is -2.28. The fourth-order valence-corrected chi connectivity index (χ4v) is 2.48. The molecular weight excluding hydrogens is 378 g/mol. The number of benzene rings is 1. The molecule has 138 valence electrons. The van der Waals surface area contributed by atoms with Crippen molar-refractivity contribution >= 4 is 30.0 Å². The lowest BCUT2D eigenvalue weighted by Crippen LogP contribution is -2.51. The summed E-state index contributed by atoms with van der Waals surface area (Å²) in [6, 6.07) is 2.68. The Morgan fingerprint density at radius 1 is 1.36 bits per heavy atom. The first-order chi connectivity index (χ1) is 11.3. The van der Waals surface area contributed by atoms with E-state index in [-0.39, 0.29) is 18.4 Å². The average molecular weight is 396 g/mol. The van der Waals surface area contributed by atoms with Crippen LogP contribution in [0.5, 0.6) is 0 Å². The highest BCUT2D eigenvalue weighted by atomic mass is 35.5. The molecule has 2 amide bonds. The van der Waals surface area contributed by atoms with Gasteiger partial charge in [0.05, 0.1) is 16.6 Å². The molecule has 1 unspecified atom stereocenters. The largest absolute Gasteiger partial charge is 0.417 e. The van der Waals surface area contributed by atoms with Crippen molar-refractivity contribution in [1.29, 1.82) is 0 Å². The van der Waals surface area contributed by atoms with Gasteiger partial charge in [-0.25, -0.2) is 4.79 Å². The molecule has 1 aromatic rings. The average Bonchev–Trinajstić information content (AvgIpc) is 2.52. The number of piperazine rings is 1. The molecule has 1 saturated heterocycles. The minimum absolute atomic E-state index is 0. The van der Waals surface area contributed by atoms with Crippen LogP contribution in [0.3, 0.4) is 0 Å². The number of alkyl halides is 3. The summed E-state index contributed by atoms with van der Waals surface area (Å²) in [5.41, 5.74) is -0.536. The fourth-order valence-electron chi connectivity index (χ4n) is 2.19. The summed E-state index contributed by atoms with van der Waals surface area (Å²) in [4.78, 5) is 13.7. The van der Waals surface area contributed by atoms with Crippen molar-refractivity contribution in [1.82, 2.24) is 15.5 Å². The number of carbonyl (C=O) groups excluding carboxylic acids is 1. The number of urea groups is 1. The van der Waals surface area contributed by atoms with E-state index in [1.165, 1.54) is 12.1 Å². The quantitative estimate of drug-likeness (QED) is 0.717. The number of carbonyl (C=O) groups is 1. The molecule has 25 heavy (non-hydrogen) atoms. The molecule has 1 aliphatic heterocycles. The van der Waals surface area contributed by atoms with Crippen LogP contribution in [0.4, 0.5) is 18.0 Å². The molecule has 1 atom stereocenters. The van der Waals surface area contributed by atoms with E-state index in [4.69, 9.17) is 11.6 Å². The highest BCUT2D eigenvalue weighted by Gasteiger charge is 2.32. The summed E-state index contributed by atoms with van der Waals surface area (Å²) in [5.74, 6) is 5.52. The monoisotopic (exact) mass is 395 g/mol. The topological polar surface area (TPSA) is 44.4 Å². The number of amides is 2. The lowest BCUT2D eigenvalue weighted by molar-refractivity contribution is -0.137. The Bertz CT molecular complexity index is 665. The van der Waals surface area contributed by atoms with Gasteiger partial charge < -0.3 is 15.5 Å². The summed E-state index contributed by atoms with van der Waals surface area (Å²) in [7, 11) is 0. The van der Waals surface area contributed by atoms with Crippen LogP contribution in [0.15, 0.2) is 18.2 Å². The number of hydrogen-bond acceptors (Lipinski definition) is 2. The van der Waals surface area contributed by atoms with Gasteiger partial charge in [0.15, 0.2) is 0 Å². The number of nitrogens with one attached hydrogen (secondary N) is 2. The minimum atomic E-state index is -4.49. The molecule has 0 aliphatic carbocycles. The van der Waals surface area contributed by atoms with Gasteiger partial charge in [-0.2, -0.15) is 13.2 Å². The van der Waals surface area contributed by atoms with Crippen molar-refractivity contribution in [2.24, 2.45) is 0 Å². The molecule has 1 heterocycles. The second-order valence-corrected chi connectivity index (χ2v) is 5.78. The van der Waals surface area contributed by atoms with E-state index in [0.717, 1.165) is 19.2 Å². The summed E-state index contributed by atoms with van der Waals surface area (Å²) >= 11 is 5.65. The van der Waals surface area contributed by atoms with Gasteiger partial charge in [0.1, 0.15) is 0 Å². The molecule has 1 fully saturated rings. The molecular formula is C16H18Cl2F3N3O. The van der Waals surface area contributed by atoms with Gasteiger partial charge in [-0.3, -0.25) is 0 Å². The minimum Gasteiger partial charge on any atom is -0.325 e. The van der Waals surface area contributed by atoms with Crippen molar-refractivity contribution in [2.45, 2.75) is 19.1 Å². The van der Waals surface area contributed by atoms with Crippen LogP contribution in [-0.4, -0.2) is 43.2 Å². The molecule has 0 aromatic heterocycles. The van der Waals surface area contributed by atoms with Gasteiger partial charge in [0.25, 0.3) is 0 Å². The zero-order valence-corrected chi connectivity index (χ0v) is 15.0. The van der Waals surface area contributed by atoms with Crippen molar-refractivity contribution in [2.75, 3.05) is 26.2 Å². The number of nitrogens with zero attached hydrogens (tertiary/aromatic N) is 1. The van der Waals surface area contributed by atoms with Gasteiger partial charge in [0, 0.05) is 31.7 Å². The number of rotatable bonds is 1. The van der Waals surface area contributed by atoms with E-state index in [1.807, 2.05) is 0 Å². The highest BCUT2D eigenvalue weighted by molar-refractivity contribution is 6.31. The van der Waals surface area contributed by atoms with Crippen LogP contribution < -0.4 is 10.6 Å². The third-order valence-electron chi connectivity index (χ3n) is 3.45. The van der Waals surface area contributed by atoms with E-state index in [1.54, 1.807) is 11.8 Å². The summed E-state index contributed by atoms with van der Waals surface area (Å²) in [6.45, 7) is 4.45.